The Balaban J connectivity index is 1.47. The Morgan fingerprint density at radius 3 is 2.20 bits per heavy atom. The molecule has 0 heterocycles. The van der Waals surface area contributed by atoms with Crippen LogP contribution in [0.4, 0.5) is 0 Å². The van der Waals surface area contributed by atoms with Crippen molar-refractivity contribution in [1.82, 2.24) is 0 Å². The normalized spacial score (nSPS) is 18.0. The van der Waals surface area contributed by atoms with Crippen molar-refractivity contribution < 1.29 is 34.8 Å². The summed E-state index contributed by atoms with van der Waals surface area (Å²) in [6.07, 6.45) is 9.68. The molecule has 1 aromatic rings. The summed E-state index contributed by atoms with van der Waals surface area (Å²) in [5.41, 5.74) is 0.147. The smallest absolute Gasteiger partial charge is 0.309 e. The van der Waals surface area contributed by atoms with Crippen LogP contribution in [0.1, 0.15) is 81.8 Å². The van der Waals surface area contributed by atoms with Crippen molar-refractivity contribution in [2.75, 3.05) is 0 Å². The second-order valence-corrected chi connectivity index (χ2v) is 8.98. The van der Waals surface area contributed by atoms with Crippen LogP contribution in [0.5, 0.6) is 17.2 Å². The number of phenolic OH excluding ortho intramolecular Hbond substituents is 3. The summed E-state index contributed by atoms with van der Waals surface area (Å²) >= 11 is 0. The van der Waals surface area contributed by atoms with E-state index in [1.807, 2.05) is 0 Å². The van der Waals surface area contributed by atoms with E-state index in [0.717, 1.165) is 57.8 Å². The van der Waals surface area contributed by atoms with Crippen LogP contribution in [0, 0.1) is 5.41 Å². The molecule has 0 radical (unpaired) electrons. The number of unbranched alkanes of at least 4 members (excludes halogenated alkanes) is 3. The summed E-state index contributed by atoms with van der Waals surface area (Å²) in [7, 11) is 0. The van der Waals surface area contributed by atoms with Crippen molar-refractivity contribution in [2.24, 2.45) is 5.41 Å². The van der Waals surface area contributed by atoms with E-state index in [0.29, 0.717) is 43.3 Å². The van der Waals surface area contributed by atoms with Crippen molar-refractivity contribution in [1.29, 1.82) is 0 Å². The molecule has 0 aliphatic heterocycles. The predicted octanol–water partition coefficient (Wildman–Crippen LogP) is 4.19. The summed E-state index contributed by atoms with van der Waals surface area (Å²) < 4.78 is 5.13. The van der Waals surface area contributed by atoms with Gasteiger partial charge >= 0.3 is 5.97 Å². The fourth-order valence-electron chi connectivity index (χ4n) is 4.28. The topological polar surface area (TPSA) is 124 Å². The lowest BCUT2D eigenvalue weighted by molar-refractivity contribution is -0.143. The predicted molar refractivity (Wildman–Crippen MR) is 110 cm³/mol. The highest BCUT2D eigenvalue weighted by atomic mass is 16.5. The minimum Gasteiger partial charge on any atom is -0.507 e. The Hall–Kier alpha value is -2.44. The second-order valence-electron chi connectivity index (χ2n) is 8.98. The van der Waals surface area contributed by atoms with E-state index in [4.69, 9.17) is 4.74 Å². The van der Waals surface area contributed by atoms with Gasteiger partial charge in [0.05, 0.1) is 5.41 Å². The first kappa shape index (κ1) is 22.2. The summed E-state index contributed by atoms with van der Waals surface area (Å²) in [4.78, 5) is 21.8. The van der Waals surface area contributed by atoms with Gasteiger partial charge in [0.15, 0.2) is 11.5 Å². The number of aryl methyl sites for hydroxylation is 1. The first-order valence-electron chi connectivity index (χ1n) is 10.9. The largest absolute Gasteiger partial charge is 0.507 e. The van der Waals surface area contributed by atoms with Crippen LogP contribution in [0.15, 0.2) is 6.07 Å². The SMILES string of the molecule is O=COC1(CCCCc2c(O)c(O)cc(CCCCCC3(C(=O)O)CC3)c2O)CC1. The van der Waals surface area contributed by atoms with Crippen LogP contribution in [0.2, 0.25) is 0 Å². The molecule has 0 aromatic heterocycles. The number of carbonyl (C=O) groups is 2. The monoisotopic (exact) mass is 420 g/mol. The maximum atomic E-state index is 11.2. The second kappa shape index (κ2) is 9.14. The molecular weight excluding hydrogens is 388 g/mol. The molecule has 4 N–H and O–H groups in total. The zero-order valence-electron chi connectivity index (χ0n) is 17.4. The lowest BCUT2D eigenvalue weighted by Crippen LogP contribution is -2.14. The number of ether oxygens (including phenoxy) is 1. The number of carbonyl (C=O) groups excluding carboxylic acids is 1. The third-order valence-corrected chi connectivity index (χ3v) is 6.75. The van der Waals surface area contributed by atoms with E-state index >= 15 is 0 Å². The lowest BCUT2D eigenvalue weighted by atomic mass is 9.95. The van der Waals surface area contributed by atoms with Gasteiger partial charge in [-0.3, -0.25) is 9.59 Å². The van der Waals surface area contributed by atoms with E-state index in [1.165, 1.54) is 6.07 Å². The third-order valence-electron chi connectivity index (χ3n) is 6.75. The van der Waals surface area contributed by atoms with Gasteiger partial charge in [0, 0.05) is 5.56 Å². The zero-order valence-corrected chi connectivity index (χ0v) is 17.4. The van der Waals surface area contributed by atoms with Crippen LogP contribution < -0.4 is 0 Å². The minimum absolute atomic E-state index is 0.0276. The van der Waals surface area contributed by atoms with Gasteiger partial charge in [-0.15, -0.1) is 0 Å². The molecule has 166 valence electrons. The maximum Gasteiger partial charge on any atom is 0.309 e. The zero-order chi connectivity index (χ0) is 21.8. The van der Waals surface area contributed by atoms with Crippen molar-refractivity contribution in [3.63, 3.8) is 0 Å². The van der Waals surface area contributed by atoms with E-state index in [1.54, 1.807) is 0 Å². The highest BCUT2D eigenvalue weighted by Gasteiger charge is 2.49. The molecule has 2 fully saturated rings. The molecule has 0 atom stereocenters. The number of aromatic hydroxyl groups is 3. The summed E-state index contributed by atoms with van der Waals surface area (Å²) in [5.74, 6) is -1.18. The van der Waals surface area contributed by atoms with Crippen LogP contribution in [0.25, 0.3) is 0 Å². The van der Waals surface area contributed by atoms with Crippen molar-refractivity contribution in [3.8, 4) is 17.2 Å². The van der Waals surface area contributed by atoms with Gasteiger partial charge in [0.2, 0.25) is 0 Å². The average Bonchev–Trinajstić information content (AvgIpc) is 3.62. The maximum absolute atomic E-state index is 11.2. The molecular formula is C23H32O7. The Labute approximate surface area is 176 Å². The van der Waals surface area contributed by atoms with Gasteiger partial charge in [0.1, 0.15) is 11.4 Å². The van der Waals surface area contributed by atoms with Crippen LogP contribution in [0.3, 0.4) is 0 Å². The summed E-state index contributed by atoms with van der Waals surface area (Å²) in [6, 6.07) is 1.41. The summed E-state index contributed by atoms with van der Waals surface area (Å²) in [6.45, 7) is 0.498. The van der Waals surface area contributed by atoms with Crippen molar-refractivity contribution in [3.05, 3.63) is 17.2 Å². The molecule has 3 rings (SSSR count). The molecule has 30 heavy (non-hydrogen) atoms. The van der Waals surface area contributed by atoms with Gasteiger partial charge in [-0.2, -0.15) is 0 Å². The Morgan fingerprint density at radius 1 is 0.933 bits per heavy atom. The number of carboxylic acids is 1. The first-order chi connectivity index (χ1) is 14.3. The van der Waals surface area contributed by atoms with Gasteiger partial charge in [-0.25, -0.2) is 0 Å². The van der Waals surface area contributed by atoms with Gasteiger partial charge in [-0.05, 0) is 82.3 Å². The molecule has 0 bridgehead atoms. The Bertz CT molecular complexity index is 778. The number of phenols is 3. The molecule has 0 spiro atoms. The molecule has 2 aliphatic carbocycles. The first-order valence-corrected chi connectivity index (χ1v) is 10.9. The quantitative estimate of drug-likeness (QED) is 0.154. The highest BCUT2D eigenvalue weighted by Crippen LogP contribution is 2.50. The van der Waals surface area contributed by atoms with Crippen LogP contribution in [-0.4, -0.2) is 38.5 Å². The molecule has 2 aliphatic rings. The number of hydrogen-bond acceptors (Lipinski definition) is 6. The third kappa shape index (κ3) is 5.18. The molecule has 7 heteroatoms. The van der Waals surface area contributed by atoms with Crippen molar-refractivity contribution in [2.45, 2.75) is 89.1 Å². The van der Waals surface area contributed by atoms with Crippen LogP contribution >= 0.6 is 0 Å². The van der Waals surface area contributed by atoms with Crippen LogP contribution in [-0.2, 0) is 27.2 Å². The lowest BCUT2D eigenvalue weighted by Gasteiger charge is -2.15. The van der Waals surface area contributed by atoms with E-state index in [9.17, 15) is 30.0 Å². The molecule has 0 saturated heterocycles. The fraction of sp³-hybridized carbons (Fsp3) is 0.652. The van der Waals surface area contributed by atoms with E-state index < -0.39 is 11.4 Å². The van der Waals surface area contributed by atoms with Gasteiger partial charge in [-0.1, -0.05) is 12.8 Å². The Morgan fingerprint density at radius 2 is 1.60 bits per heavy atom. The average molecular weight is 421 g/mol. The highest BCUT2D eigenvalue weighted by molar-refractivity contribution is 5.77. The summed E-state index contributed by atoms with van der Waals surface area (Å²) in [5, 5.41) is 40.1. The Kier molecular flexibility index (Phi) is 6.78. The van der Waals surface area contributed by atoms with E-state index in [2.05, 4.69) is 0 Å². The molecule has 2 saturated carbocycles. The number of aliphatic carboxylic acids is 1. The van der Waals surface area contributed by atoms with Gasteiger partial charge < -0.3 is 25.2 Å². The fourth-order valence-corrected chi connectivity index (χ4v) is 4.28. The molecule has 7 nitrogen and oxygen atoms in total. The number of benzene rings is 1. The number of hydrogen-bond donors (Lipinski definition) is 4. The number of carboxylic acid groups (broad SMARTS) is 1. The van der Waals surface area contributed by atoms with Gasteiger partial charge in [0.25, 0.3) is 6.47 Å². The minimum atomic E-state index is -0.696. The number of rotatable bonds is 14. The van der Waals surface area contributed by atoms with Crippen molar-refractivity contribution >= 4 is 12.4 Å². The van der Waals surface area contributed by atoms with E-state index in [-0.39, 0.29) is 22.8 Å². The molecule has 1 aromatic carbocycles. The molecule has 0 amide bonds. The molecule has 0 unspecified atom stereocenters. The standard InChI is InChI=1S/C23H32O7/c24-15-30-23(12-13-23)9-5-3-7-17-19(26)16(14-18(25)20(17)27)6-2-1-4-8-22(10-11-22)21(28)29/h14-15,25-27H,1-13H2,(H,28,29).